The van der Waals surface area contributed by atoms with E-state index in [-0.39, 0.29) is 0 Å². The summed E-state index contributed by atoms with van der Waals surface area (Å²) in [5, 5.41) is 3.20. The topological polar surface area (TPSA) is 15.3 Å². The second kappa shape index (κ2) is 3.18. The molecule has 54 valence electrons. The summed E-state index contributed by atoms with van der Waals surface area (Å²) in [7, 11) is 4.22. The monoisotopic (exact) mass is 128 g/mol. The maximum absolute atomic E-state index is 3.20. The van der Waals surface area contributed by atoms with Crippen LogP contribution in [0.1, 0.15) is 12.8 Å². The van der Waals surface area contributed by atoms with E-state index in [1.54, 1.807) is 0 Å². The van der Waals surface area contributed by atoms with Crippen LogP contribution in [0.3, 0.4) is 0 Å². The Morgan fingerprint density at radius 1 is 1.67 bits per heavy atom. The molecule has 0 spiro atoms. The maximum Gasteiger partial charge on any atom is 0.0217 e. The van der Waals surface area contributed by atoms with Crippen molar-refractivity contribution in [3.05, 3.63) is 0 Å². The third-order valence-corrected chi connectivity index (χ3v) is 2.11. The van der Waals surface area contributed by atoms with E-state index in [2.05, 4.69) is 17.3 Å². The summed E-state index contributed by atoms with van der Waals surface area (Å²) in [4.78, 5) is 2.43. The highest BCUT2D eigenvalue weighted by atomic mass is 15.2. The number of rotatable bonds is 2. The van der Waals surface area contributed by atoms with Crippen molar-refractivity contribution in [2.24, 2.45) is 0 Å². The Labute approximate surface area is 57.2 Å². The molecule has 2 heteroatoms. The molecule has 9 heavy (non-hydrogen) atoms. The molecule has 0 radical (unpaired) electrons. The quantitative estimate of drug-likeness (QED) is 0.575. The second-order valence-electron chi connectivity index (χ2n) is 2.83. The Morgan fingerprint density at radius 2 is 2.44 bits per heavy atom. The standard InChI is InChI=1S/C7H16N2/c1-8-6-7-4-3-5-9(7)2/h7-8H,3-6H2,1-2H3. The highest BCUT2D eigenvalue weighted by Crippen LogP contribution is 2.12. The predicted molar refractivity (Wildman–Crippen MR) is 39.6 cm³/mol. The van der Waals surface area contributed by atoms with Crippen LogP contribution < -0.4 is 5.32 Å². The first kappa shape index (κ1) is 7.03. The molecule has 1 saturated heterocycles. The van der Waals surface area contributed by atoms with E-state index in [0.29, 0.717) is 0 Å². The third-order valence-electron chi connectivity index (χ3n) is 2.11. The Hall–Kier alpha value is -0.0800. The summed E-state index contributed by atoms with van der Waals surface area (Å²) in [6.07, 6.45) is 2.75. The van der Waals surface area contributed by atoms with Crippen LogP contribution in [0.4, 0.5) is 0 Å². The van der Waals surface area contributed by atoms with E-state index in [1.165, 1.54) is 19.4 Å². The normalized spacial score (nSPS) is 29.3. The molecular weight excluding hydrogens is 112 g/mol. The number of nitrogens with zero attached hydrogens (tertiary/aromatic N) is 1. The smallest absolute Gasteiger partial charge is 0.0217 e. The van der Waals surface area contributed by atoms with E-state index < -0.39 is 0 Å². The predicted octanol–water partition coefficient (Wildman–Crippen LogP) is 0.300. The van der Waals surface area contributed by atoms with Crippen molar-refractivity contribution in [3.8, 4) is 0 Å². The fourth-order valence-corrected chi connectivity index (χ4v) is 1.47. The molecule has 0 aromatic carbocycles. The average Bonchev–Trinajstić information content (AvgIpc) is 2.18. The lowest BCUT2D eigenvalue weighted by Gasteiger charge is -2.18. The van der Waals surface area contributed by atoms with Gasteiger partial charge in [-0.3, -0.25) is 0 Å². The lowest BCUT2D eigenvalue weighted by molar-refractivity contribution is 0.305. The van der Waals surface area contributed by atoms with Crippen LogP contribution in [0.5, 0.6) is 0 Å². The molecule has 2 nitrogen and oxygen atoms in total. The van der Waals surface area contributed by atoms with Crippen LogP contribution in [0.15, 0.2) is 0 Å². The Morgan fingerprint density at radius 3 is 2.89 bits per heavy atom. The number of nitrogens with one attached hydrogen (secondary N) is 1. The molecule has 0 aliphatic carbocycles. The Kier molecular flexibility index (Phi) is 2.49. The van der Waals surface area contributed by atoms with Gasteiger partial charge in [0.2, 0.25) is 0 Å². The highest BCUT2D eigenvalue weighted by Gasteiger charge is 2.18. The van der Waals surface area contributed by atoms with E-state index >= 15 is 0 Å². The first-order valence-electron chi connectivity index (χ1n) is 3.69. The number of likely N-dealkylation sites (N-methyl/N-ethyl adjacent to an activating group) is 2. The van der Waals surface area contributed by atoms with Crippen molar-refractivity contribution in [1.82, 2.24) is 10.2 Å². The molecule has 0 saturated carbocycles. The third kappa shape index (κ3) is 1.66. The lowest BCUT2D eigenvalue weighted by atomic mass is 10.2. The maximum atomic E-state index is 3.20. The van der Waals surface area contributed by atoms with Crippen molar-refractivity contribution < 1.29 is 0 Å². The average molecular weight is 128 g/mol. The summed E-state index contributed by atoms with van der Waals surface area (Å²) in [5.74, 6) is 0. The second-order valence-corrected chi connectivity index (χ2v) is 2.83. The van der Waals surface area contributed by atoms with Crippen molar-refractivity contribution in [2.45, 2.75) is 18.9 Å². The van der Waals surface area contributed by atoms with E-state index in [0.717, 1.165) is 12.6 Å². The Balaban J connectivity index is 2.22. The van der Waals surface area contributed by atoms with Gasteiger partial charge in [-0.1, -0.05) is 0 Å². The van der Waals surface area contributed by atoms with Gasteiger partial charge >= 0.3 is 0 Å². The van der Waals surface area contributed by atoms with Gasteiger partial charge in [-0.05, 0) is 33.5 Å². The van der Waals surface area contributed by atoms with Crippen LogP contribution in [0, 0.1) is 0 Å². The Bertz CT molecular complexity index is 83.0. The van der Waals surface area contributed by atoms with Crippen LogP contribution in [-0.2, 0) is 0 Å². The fraction of sp³-hybridized carbons (Fsp3) is 1.00. The van der Waals surface area contributed by atoms with Crippen molar-refractivity contribution in [1.29, 1.82) is 0 Å². The summed E-state index contributed by atoms with van der Waals surface area (Å²) >= 11 is 0. The molecule has 0 aromatic heterocycles. The molecule has 0 amide bonds. The lowest BCUT2D eigenvalue weighted by Crippen LogP contribution is -2.33. The van der Waals surface area contributed by atoms with Gasteiger partial charge < -0.3 is 10.2 Å². The molecule has 1 atom stereocenters. The molecule has 1 aliphatic rings. The molecule has 1 N–H and O–H groups in total. The number of likely N-dealkylation sites (tertiary alicyclic amines) is 1. The minimum absolute atomic E-state index is 0.801. The molecule has 1 unspecified atom stereocenters. The minimum atomic E-state index is 0.801. The zero-order valence-electron chi connectivity index (χ0n) is 6.35. The minimum Gasteiger partial charge on any atom is -0.318 e. The summed E-state index contributed by atoms with van der Waals surface area (Å²) in [5.41, 5.74) is 0. The van der Waals surface area contributed by atoms with Gasteiger partial charge in [0.05, 0.1) is 0 Å². The summed E-state index contributed by atoms with van der Waals surface area (Å²) < 4.78 is 0. The summed E-state index contributed by atoms with van der Waals surface area (Å²) in [6, 6.07) is 0.801. The first-order chi connectivity index (χ1) is 4.34. The SMILES string of the molecule is CNCC1CCCN1C. The number of hydrogen-bond acceptors (Lipinski definition) is 2. The molecule has 0 bridgehead atoms. The van der Waals surface area contributed by atoms with E-state index in [9.17, 15) is 0 Å². The molecule has 1 fully saturated rings. The largest absolute Gasteiger partial charge is 0.318 e. The fourth-order valence-electron chi connectivity index (χ4n) is 1.47. The molecule has 1 heterocycles. The van der Waals surface area contributed by atoms with Gasteiger partial charge in [-0.2, -0.15) is 0 Å². The van der Waals surface area contributed by atoms with Gasteiger partial charge in [0.15, 0.2) is 0 Å². The van der Waals surface area contributed by atoms with E-state index in [4.69, 9.17) is 0 Å². The highest BCUT2D eigenvalue weighted by molar-refractivity contribution is 4.77. The van der Waals surface area contributed by atoms with Crippen molar-refractivity contribution >= 4 is 0 Å². The molecular formula is C7H16N2. The first-order valence-corrected chi connectivity index (χ1v) is 3.69. The zero-order chi connectivity index (χ0) is 6.69. The van der Waals surface area contributed by atoms with Gasteiger partial charge in [0.25, 0.3) is 0 Å². The van der Waals surface area contributed by atoms with Gasteiger partial charge in [0.1, 0.15) is 0 Å². The number of hydrogen-bond donors (Lipinski definition) is 1. The van der Waals surface area contributed by atoms with E-state index in [1.807, 2.05) is 7.05 Å². The van der Waals surface area contributed by atoms with Crippen molar-refractivity contribution in [3.63, 3.8) is 0 Å². The van der Waals surface area contributed by atoms with Crippen molar-refractivity contribution in [2.75, 3.05) is 27.2 Å². The van der Waals surface area contributed by atoms with Crippen LogP contribution >= 0.6 is 0 Å². The molecule has 0 aromatic rings. The van der Waals surface area contributed by atoms with Gasteiger partial charge in [-0.15, -0.1) is 0 Å². The molecule has 1 rings (SSSR count). The zero-order valence-corrected chi connectivity index (χ0v) is 6.35. The van der Waals surface area contributed by atoms with Gasteiger partial charge in [0, 0.05) is 12.6 Å². The van der Waals surface area contributed by atoms with Gasteiger partial charge in [-0.25, -0.2) is 0 Å². The van der Waals surface area contributed by atoms with Crippen LogP contribution in [-0.4, -0.2) is 38.1 Å². The van der Waals surface area contributed by atoms with Crippen LogP contribution in [0.25, 0.3) is 0 Å². The van der Waals surface area contributed by atoms with Crippen LogP contribution in [0.2, 0.25) is 0 Å². The molecule has 1 aliphatic heterocycles. The summed E-state index contributed by atoms with van der Waals surface area (Å²) in [6.45, 7) is 2.43.